The molecule has 2 amide bonds. The van der Waals surface area contributed by atoms with Gasteiger partial charge in [-0.05, 0) is 37.5 Å². The van der Waals surface area contributed by atoms with Crippen molar-refractivity contribution in [1.29, 1.82) is 0 Å². The van der Waals surface area contributed by atoms with Crippen molar-refractivity contribution in [1.82, 2.24) is 10.5 Å². The number of carbonyl (C=O) groups is 1. The van der Waals surface area contributed by atoms with Crippen molar-refractivity contribution in [3.63, 3.8) is 0 Å². The van der Waals surface area contributed by atoms with E-state index in [-0.39, 0.29) is 12.1 Å². The Hall–Kier alpha value is -2.54. The lowest BCUT2D eigenvalue weighted by Crippen LogP contribution is -2.28. The van der Waals surface area contributed by atoms with Gasteiger partial charge in [-0.3, -0.25) is 5.32 Å². The number of ether oxygens (including phenoxy) is 2. The highest BCUT2D eigenvalue weighted by atomic mass is 16.5. The van der Waals surface area contributed by atoms with Gasteiger partial charge in [0.15, 0.2) is 5.82 Å². The lowest BCUT2D eigenvalue weighted by molar-refractivity contribution is 0.0679. The van der Waals surface area contributed by atoms with Crippen LogP contribution < -0.4 is 15.4 Å². The molecule has 128 valence electrons. The fourth-order valence-corrected chi connectivity index (χ4v) is 2.44. The van der Waals surface area contributed by atoms with Gasteiger partial charge in [-0.2, -0.15) is 0 Å². The summed E-state index contributed by atoms with van der Waals surface area (Å²) >= 11 is 0. The molecule has 1 aliphatic rings. The van der Waals surface area contributed by atoms with Gasteiger partial charge < -0.3 is 19.3 Å². The SMILES string of the molecule is Cc1cc(NC(=O)NCc2ccc(OCC3CCCO3)cc2)no1. The summed E-state index contributed by atoms with van der Waals surface area (Å²) in [6.45, 7) is 3.58. The predicted molar refractivity (Wildman–Crippen MR) is 88.0 cm³/mol. The summed E-state index contributed by atoms with van der Waals surface area (Å²) in [5.74, 6) is 1.84. The minimum absolute atomic E-state index is 0.204. The van der Waals surface area contributed by atoms with Crippen LogP contribution in [0.1, 0.15) is 24.2 Å². The second-order valence-corrected chi connectivity index (χ2v) is 5.72. The lowest BCUT2D eigenvalue weighted by Gasteiger charge is -2.12. The Morgan fingerprint density at radius 1 is 1.38 bits per heavy atom. The zero-order valence-electron chi connectivity index (χ0n) is 13.6. The lowest BCUT2D eigenvalue weighted by atomic mass is 10.2. The van der Waals surface area contributed by atoms with Gasteiger partial charge in [0.1, 0.15) is 18.1 Å². The smallest absolute Gasteiger partial charge is 0.320 e. The van der Waals surface area contributed by atoms with Gasteiger partial charge >= 0.3 is 6.03 Å². The molecule has 0 spiro atoms. The number of carbonyl (C=O) groups excluding carboxylic acids is 1. The average molecular weight is 331 g/mol. The molecule has 7 nitrogen and oxygen atoms in total. The summed E-state index contributed by atoms with van der Waals surface area (Å²) in [6, 6.07) is 8.95. The van der Waals surface area contributed by atoms with E-state index >= 15 is 0 Å². The Balaban J connectivity index is 1.41. The molecule has 1 saturated heterocycles. The van der Waals surface area contributed by atoms with Crippen LogP contribution in [0.15, 0.2) is 34.9 Å². The third-order valence-electron chi connectivity index (χ3n) is 3.71. The van der Waals surface area contributed by atoms with Gasteiger partial charge in [-0.25, -0.2) is 4.79 Å². The number of rotatable bonds is 6. The monoisotopic (exact) mass is 331 g/mol. The number of hydrogen-bond acceptors (Lipinski definition) is 5. The zero-order valence-corrected chi connectivity index (χ0v) is 13.6. The van der Waals surface area contributed by atoms with Crippen LogP contribution >= 0.6 is 0 Å². The van der Waals surface area contributed by atoms with E-state index in [9.17, 15) is 4.79 Å². The molecule has 1 unspecified atom stereocenters. The Labute approximate surface area is 140 Å². The Morgan fingerprint density at radius 2 is 2.21 bits per heavy atom. The first kappa shape index (κ1) is 16.3. The number of hydrogen-bond donors (Lipinski definition) is 2. The summed E-state index contributed by atoms with van der Waals surface area (Å²) in [5.41, 5.74) is 0.978. The second-order valence-electron chi connectivity index (χ2n) is 5.72. The van der Waals surface area contributed by atoms with E-state index in [0.717, 1.165) is 30.8 Å². The summed E-state index contributed by atoms with van der Waals surface area (Å²) in [7, 11) is 0. The van der Waals surface area contributed by atoms with E-state index in [1.54, 1.807) is 13.0 Å². The van der Waals surface area contributed by atoms with E-state index in [1.165, 1.54) is 0 Å². The Morgan fingerprint density at radius 3 is 2.88 bits per heavy atom. The van der Waals surface area contributed by atoms with Gasteiger partial charge in [-0.15, -0.1) is 0 Å². The standard InChI is InChI=1S/C17H21N3O4/c1-12-9-16(20-24-12)19-17(21)18-10-13-4-6-14(7-5-13)23-11-15-3-2-8-22-15/h4-7,9,15H,2-3,8,10-11H2,1H3,(H2,18,19,20,21). The van der Waals surface area contributed by atoms with E-state index < -0.39 is 0 Å². The number of amides is 2. The number of nitrogens with one attached hydrogen (secondary N) is 2. The number of aromatic nitrogens is 1. The van der Waals surface area contributed by atoms with Crippen molar-refractivity contribution in [2.45, 2.75) is 32.4 Å². The molecule has 0 saturated carbocycles. The number of anilines is 1. The number of nitrogens with zero attached hydrogens (tertiary/aromatic N) is 1. The molecule has 1 aliphatic heterocycles. The van der Waals surface area contributed by atoms with E-state index in [2.05, 4.69) is 15.8 Å². The van der Waals surface area contributed by atoms with Crippen LogP contribution in [0.2, 0.25) is 0 Å². The van der Waals surface area contributed by atoms with Crippen LogP contribution in [0, 0.1) is 6.92 Å². The highest BCUT2D eigenvalue weighted by Gasteiger charge is 2.15. The molecule has 24 heavy (non-hydrogen) atoms. The van der Waals surface area contributed by atoms with Gasteiger partial charge in [0.05, 0.1) is 6.10 Å². The summed E-state index contributed by atoms with van der Waals surface area (Å²) in [6.07, 6.45) is 2.37. The average Bonchev–Trinajstić information content (AvgIpc) is 3.24. The topological polar surface area (TPSA) is 85.6 Å². The van der Waals surface area contributed by atoms with Gasteiger partial charge in [0.2, 0.25) is 0 Å². The first-order chi connectivity index (χ1) is 11.7. The predicted octanol–water partition coefficient (Wildman–Crippen LogP) is 2.86. The van der Waals surface area contributed by atoms with Crippen LogP contribution in [0.3, 0.4) is 0 Å². The largest absolute Gasteiger partial charge is 0.491 e. The summed E-state index contributed by atoms with van der Waals surface area (Å²) < 4.78 is 16.1. The molecule has 2 N–H and O–H groups in total. The highest BCUT2D eigenvalue weighted by molar-refractivity contribution is 5.88. The molecule has 1 fully saturated rings. The van der Waals surface area contributed by atoms with Crippen molar-refractivity contribution in [3.05, 3.63) is 41.7 Å². The number of benzene rings is 1. The molecule has 7 heteroatoms. The molecular formula is C17H21N3O4. The number of aryl methyl sites for hydroxylation is 1. The normalized spacial score (nSPS) is 16.8. The first-order valence-corrected chi connectivity index (χ1v) is 8.00. The molecule has 1 aromatic carbocycles. The van der Waals surface area contributed by atoms with Crippen LogP contribution in [0.5, 0.6) is 5.75 Å². The van der Waals surface area contributed by atoms with Crippen LogP contribution in [0.25, 0.3) is 0 Å². The van der Waals surface area contributed by atoms with Crippen molar-refractivity contribution in [3.8, 4) is 5.75 Å². The fourth-order valence-electron chi connectivity index (χ4n) is 2.44. The molecule has 1 atom stereocenters. The van der Waals surface area contributed by atoms with Gasteiger partial charge in [0.25, 0.3) is 0 Å². The second kappa shape index (κ2) is 7.83. The minimum Gasteiger partial charge on any atom is -0.491 e. The third-order valence-corrected chi connectivity index (χ3v) is 3.71. The van der Waals surface area contributed by atoms with Crippen molar-refractivity contribution < 1.29 is 18.8 Å². The van der Waals surface area contributed by atoms with Crippen LogP contribution in [-0.2, 0) is 11.3 Å². The molecule has 3 rings (SSSR count). The Kier molecular flexibility index (Phi) is 5.32. The first-order valence-electron chi connectivity index (χ1n) is 8.00. The molecule has 1 aromatic heterocycles. The molecule has 2 heterocycles. The maximum atomic E-state index is 11.8. The van der Waals surface area contributed by atoms with Crippen LogP contribution in [-0.4, -0.2) is 30.5 Å². The fraction of sp³-hybridized carbons (Fsp3) is 0.412. The minimum atomic E-state index is -0.331. The maximum Gasteiger partial charge on any atom is 0.320 e. The van der Waals surface area contributed by atoms with Crippen LogP contribution in [0.4, 0.5) is 10.6 Å². The van der Waals surface area contributed by atoms with Gasteiger partial charge in [0, 0.05) is 19.2 Å². The van der Waals surface area contributed by atoms with E-state index in [1.807, 2.05) is 24.3 Å². The van der Waals surface area contributed by atoms with E-state index in [0.29, 0.717) is 24.7 Å². The molecule has 0 radical (unpaired) electrons. The molecule has 0 bridgehead atoms. The van der Waals surface area contributed by atoms with Crippen molar-refractivity contribution >= 4 is 11.8 Å². The van der Waals surface area contributed by atoms with Crippen molar-refractivity contribution in [2.75, 3.05) is 18.5 Å². The summed E-state index contributed by atoms with van der Waals surface area (Å²) in [5, 5.41) is 9.06. The Bertz CT molecular complexity index is 663. The number of urea groups is 1. The zero-order chi connectivity index (χ0) is 16.8. The molecular weight excluding hydrogens is 310 g/mol. The van der Waals surface area contributed by atoms with E-state index in [4.69, 9.17) is 14.0 Å². The van der Waals surface area contributed by atoms with Crippen molar-refractivity contribution in [2.24, 2.45) is 0 Å². The third kappa shape index (κ3) is 4.73. The molecule has 0 aliphatic carbocycles. The molecule has 2 aromatic rings. The highest BCUT2D eigenvalue weighted by Crippen LogP contribution is 2.16. The maximum absolute atomic E-state index is 11.8. The quantitative estimate of drug-likeness (QED) is 0.850. The van der Waals surface area contributed by atoms with Gasteiger partial charge in [-0.1, -0.05) is 17.3 Å². The summed E-state index contributed by atoms with van der Waals surface area (Å²) in [4.78, 5) is 11.8.